The van der Waals surface area contributed by atoms with Gasteiger partial charge in [0, 0.05) is 23.7 Å². The molecule has 0 amide bonds. The lowest BCUT2D eigenvalue weighted by Crippen LogP contribution is -2.17. The van der Waals surface area contributed by atoms with Gasteiger partial charge in [0.1, 0.15) is 12.1 Å². The third-order valence-electron chi connectivity index (χ3n) is 2.15. The Labute approximate surface area is 106 Å². The minimum atomic E-state index is -4.39. The van der Waals surface area contributed by atoms with E-state index < -0.39 is 17.6 Å². The van der Waals surface area contributed by atoms with Crippen LogP contribution in [0.3, 0.4) is 0 Å². The van der Waals surface area contributed by atoms with Gasteiger partial charge in [-0.25, -0.2) is 0 Å². The van der Waals surface area contributed by atoms with Crippen molar-refractivity contribution in [3.05, 3.63) is 32.9 Å². The lowest BCUT2D eigenvalue weighted by molar-refractivity contribution is -0.384. The molecule has 0 aliphatic carbocycles. The molecule has 96 valence electrons. The van der Waals surface area contributed by atoms with Crippen LogP contribution in [0.5, 0.6) is 0 Å². The van der Waals surface area contributed by atoms with Crippen LogP contribution in [-0.4, -0.2) is 20.9 Å². The number of alkyl halides is 3. The molecule has 0 radical (unpaired) electrons. The molecule has 0 saturated carbocycles. The number of nitro groups is 1. The fraction of sp³-hybridized carbons (Fsp3) is 0.222. The highest BCUT2D eigenvalue weighted by atomic mass is 79.9. The van der Waals surface area contributed by atoms with Crippen LogP contribution in [0, 0.1) is 10.1 Å². The minimum absolute atomic E-state index is 0.207. The molecule has 5 nitrogen and oxygen atoms in total. The van der Waals surface area contributed by atoms with E-state index in [1.807, 2.05) is 0 Å². The Morgan fingerprint density at radius 1 is 1.44 bits per heavy atom. The van der Waals surface area contributed by atoms with Gasteiger partial charge in [0.05, 0.1) is 9.40 Å². The molecular weight excluding hydrogens is 319 g/mol. The highest BCUT2D eigenvalue weighted by molar-refractivity contribution is 9.10. The first-order valence-corrected chi connectivity index (χ1v) is 5.43. The van der Waals surface area contributed by atoms with Crippen molar-refractivity contribution in [1.82, 2.24) is 9.78 Å². The summed E-state index contributed by atoms with van der Waals surface area (Å²) in [5.41, 5.74) is 0.0470. The molecule has 0 atom stereocenters. The molecule has 2 aromatic rings. The van der Waals surface area contributed by atoms with Gasteiger partial charge in [0.15, 0.2) is 0 Å². The molecule has 1 aromatic carbocycles. The number of rotatable bonds is 2. The van der Waals surface area contributed by atoms with Crippen LogP contribution in [-0.2, 0) is 6.54 Å². The van der Waals surface area contributed by atoms with Crippen LogP contribution < -0.4 is 0 Å². The third kappa shape index (κ3) is 2.61. The van der Waals surface area contributed by atoms with Crippen molar-refractivity contribution in [2.75, 3.05) is 0 Å². The van der Waals surface area contributed by atoms with Crippen LogP contribution >= 0.6 is 15.9 Å². The number of nitro benzene ring substituents is 1. The molecule has 18 heavy (non-hydrogen) atoms. The highest BCUT2D eigenvalue weighted by Gasteiger charge is 2.28. The summed E-state index contributed by atoms with van der Waals surface area (Å²) in [4.78, 5) is 9.99. The standard InChI is InChI=1S/C9H5BrF3N3O2/c10-7-2-6(16(17)18)1-5-3-15(14-8(5)7)4-9(11,12)13/h1-3H,4H2. The fourth-order valence-electron chi connectivity index (χ4n) is 1.50. The Balaban J connectivity index is 2.51. The Morgan fingerprint density at radius 2 is 2.11 bits per heavy atom. The second-order valence-corrected chi connectivity index (χ2v) is 4.42. The van der Waals surface area contributed by atoms with Gasteiger partial charge >= 0.3 is 6.18 Å². The molecule has 0 N–H and O–H groups in total. The zero-order valence-corrected chi connectivity index (χ0v) is 10.2. The van der Waals surface area contributed by atoms with Crippen LogP contribution in [0.15, 0.2) is 22.8 Å². The van der Waals surface area contributed by atoms with Crippen LogP contribution in [0.25, 0.3) is 10.9 Å². The SMILES string of the molecule is O=[N+]([O-])c1cc(Br)c2nn(CC(F)(F)F)cc2c1. The number of non-ortho nitro benzene ring substituents is 1. The molecule has 2 rings (SSSR count). The number of fused-ring (bicyclic) bond motifs is 1. The maximum absolute atomic E-state index is 12.2. The molecule has 0 unspecified atom stereocenters. The molecular formula is C9H5BrF3N3O2. The van der Waals surface area contributed by atoms with E-state index >= 15 is 0 Å². The number of hydrogen-bond acceptors (Lipinski definition) is 3. The van der Waals surface area contributed by atoms with Crippen molar-refractivity contribution in [2.24, 2.45) is 0 Å². The monoisotopic (exact) mass is 323 g/mol. The van der Waals surface area contributed by atoms with E-state index in [2.05, 4.69) is 21.0 Å². The molecule has 0 aliphatic rings. The zero-order chi connectivity index (χ0) is 13.5. The largest absolute Gasteiger partial charge is 0.408 e. The maximum Gasteiger partial charge on any atom is 0.408 e. The summed E-state index contributed by atoms with van der Waals surface area (Å²) in [6.45, 7) is -1.23. The molecule has 0 bridgehead atoms. The Morgan fingerprint density at radius 3 is 2.67 bits per heavy atom. The average Bonchev–Trinajstić information content (AvgIpc) is 2.57. The fourth-order valence-corrected chi connectivity index (χ4v) is 2.04. The molecule has 1 heterocycles. The summed E-state index contributed by atoms with van der Waals surface area (Å²) in [5.74, 6) is 0. The number of benzene rings is 1. The van der Waals surface area contributed by atoms with E-state index in [0.717, 1.165) is 6.20 Å². The first kappa shape index (κ1) is 12.8. The lowest BCUT2D eigenvalue weighted by atomic mass is 10.2. The van der Waals surface area contributed by atoms with Gasteiger partial charge in [-0.2, -0.15) is 18.3 Å². The predicted octanol–water partition coefficient (Wildman–Crippen LogP) is 3.27. The van der Waals surface area contributed by atoms with Crippen molar-refractivity contribution < 1.29 is 18.1 Å². The molecule has 0 spiro atoms. The summed E-state index contributed by atoms with van der Waals surface area (Å²) >= 11 is 3.05. The first-order chi connectivity index (χ1) is 8.26. The van der Waals surface area contributed by atoms with Gasteiger partial charge in [-0.15, -0.1) is 0 Å². The van der Waals surface area contributed by atoms with E-state index in [9.17, 15) is 23.3 Å². The van der Waals surface area contributed by atoms with E-state index in [1.54, 1.807) is 0 Å². The average molecular weight is 324 g/mol. The van der Waals surface area contributed by atoms with Crippen LogP contribution in [0.2, 0.25) is 0 Å². The second kappa shape index (κ2) is 4.23. The number of halogens is 4. The van der Waals surface area contributed by atoms with Crippen molar-refractivity contribution in [3.63, 3.8) is 0 Å². The molecule has 0 saturated heterocycles. The lowest BCUT2D eigenvalue weighted by Gasteiger charge is -2.04. The quantitative estimate of drug-likeness (QED) is 0.629. The van der Waals surface area contributed by atoms with E-state index in [4.69, 9.17) is 0 Å². The molecule has 9 heteroatoms. The predicted molar refractivity (Wildman–Crippen MR) is 60.1 cm³/mol. The second-order valence-electron chi connectivity index (χ2n) is 3.56. The van der Waals surface area contributed by atoms with Gasteiger partial charge in [-0.05, 0) is 15.9 Å². The van der Waals surface area contributed by atoms with Crippen molar-refractivity contribution in [3.8, 4) is 0 Å². The maximum atomic E-state index is 12.2. The first-order valence-electron chi connectivity index (χ1n) is 4.64. The topological polar surface area (TPSA) is 61.0 Å². The summed E-state index contributed by atoms with van der Waals surface area (Å²) in [6, 6.07) is 2.38. The molecule has 1 aromatic heterocycles. The van der Waals surface area contributed by atoms with Crippen LogP contribution in [0.1, 0.15) is 0 Å². The van der Waals surface area contributed by atoms with Gasteiger partial charge < -0.3 is 0 Å². The van der Waals surface area contributed by atoms with Gasteiger partial charge in [-0.1, -0.05) is 0 Å². The zero-order valence-electron chi connectivity index (χ0n) is 8.61. The summed E-state index contributed by atoms with van der Waals surface area (Å²) in [5, 5.41) is 14.6. The summed E-state index contributed by atoms with van der Waals surface area (Å²) in [7, 11) is 0. The van der Waals surface area contributed by atoms with Gasteiger partial charge in [0.2, 0.25) is 0 Å². The summed E-state index contributed by atoms with van der Waals surface area (Å²) < 4.78 is 37.6. The van der Waals surface area contributed by atoms with Crippen molar-refractivity contribution in [1.29, 1.82) is 0 Å². The van der Waals surface area contributed by atoms with E-state index in [-0.39, 0.29) is 21.1 Å². The van der Waals surface area contributed by atoms with Crippen molar-refractivity contribution in [2.45, 2.75) is 12.7 Å². The Hall–Kier alpha value is -1.64. The van der Waals surface area contributed by atoms with E-state index in [0.29, 0.717) is 4.68 Å². The highest BCUT2D eigenvalue weighted by Crippen LogP contribution is 2.29. The molecule has 0 aliphatic heterocycles. The van der Waals surface area contributed by atoms with Crippen molar-refractivity contribution >= 4 is 32.5 Å². The van der Waals surface area contributed by atoms with Crippen LogP contribution in [0.4, 0.5) is 18.9 Å². The summed E-state index contributed by atoms with van der Waals surface area (Å²) in [6.07, 6.45) is -3.26. The van der Waals surface area contributed by atoms with E-state index in [1.165, 1.54) is 12.1 Å². The normalized spacial score (nSPS) is 12.0. The Kier molecular flexibility index (Phi) is 3.01. The number of nitrogens with zero attached hydrogens (tertiary/aromatic N) is 3. The third-order valence-corrected chi connectivity index (χ3v) is 2.75. The number of hydrogen-bond donors (Lipinski definition) is 0. The minimum Gasteiger partial charge on any atom is -0.262 e. The van der Waals surface area contributed by atoms with Gasteiger partial charge in [-0.3, -0.25) is 14.8 Å². The van der Waals surface area contributed by atoms with Gasteiger partial charge in [0.25, 0.3) is 5.69 Å². The smallest absolute Gasteiger partial charge is 0.262 e. The Bertz CT molecular complexity index is 623. The number of aromatic nitrogens is 2. The molecule has 0 fully saturated rings.